The average molecular weight is 260 g/mol. The molecule has 0 aromatic rings. The van der Waals surface area contributed by atoms with Crippen LogP contribution in [0.15, 0.2) is 0 Å². The lowest BCUT2D eigenvalue weighted by atomic mass is 10.3. The van der Waals surface area contributed by atoms with E-state index >= 15 is 0 Å². The van der Waals surface area contributed by atoms with Gasteiger partial charge in [-0.25, -0.2) is 0 Å². The van der Waals surface area contributed by atoms with Crippen molar-refractivity contribution in [3.05, 3.63) is 0 Å². The predicted octanol–water partition coefficient (Wildman–Crippen LogP) is 1.21. The van der Waals surface area contributed by atoms with Gasteiger partial charge in [0.25, 0.3) is 0 Å². The summed E-state index contributed by atoms with van der Waals surface area (Å²) in [6, 6.07) is 0. The molecule has 0 unspecified atom stereocenters. The van der Waals surface area contributed by atoms with Crippen molar-refractivity contribution >= 4 is 17.9 Å². The van der Waals surface area contributed by atoms with Gasteiger partial charge in [-0.05, 0) is 13.8 Å². The van der Waals surface area contributed by atoms with Crippen LogP contribution in [0.5, 0.6) is 0 Å². The summed E-state index contributed by atoms with van der Waals surface area (Å²) in [5.41, 5.74) is 0. The third-order valence-electron chi connectivity index (χ3n) is 1.80. The van der Waals surface area contributed by atoms with Gasteiger partial charge in [0, 0.05) is 6.42 Å². The van der Waals surface area contributed by atoms with E-state index in [1.807, 2.05) is 0 Å². The first-order valence-corrected chi connectivity index (χ1v) is 5.96. The first-order chi connectivity index (χ1) is 8.45. The van der Waals surface area contributed by atoms with Gasteiger partial charge in [-0.15, -0.1) is 0 Å². The van der Waals surface area contributed by atoms with Crippen molar-refractivity contribution in [2.24, 2.45) is 0 Å². The summed E-state index contributed by atoms with van der Waals surface area (Å²) in [5, 5.41) is 0. The zero-order chi connectivity index (χ0) is 14.0. The first-order valence-electron chi connectivity index (χ1n) is 5.96. The molecule has 0 spiro atoms. The molecule has 6 heteroatoms. The Balaban J connectivity index is 3.54. The molecule has 0 aromatic heterocycles. The van der Waals surface area contributed by atoms with E-state index in [1.165, 1.54) is 0 Å². The highest BCUT2D eigenvalue weighted by atomic mass is 16.6. The van der Waals surface area contributed by atoms with Gasteiger partial charge in [0.1, 0.15) is 13.2 Å². The van der Waals surface area contributed by atoms with Crippen molar-refractivity contribution in [3.63, 3.8) is 0 Å². The smallest absolute Gasteiger partial charge is 0.306 e. The number of rotatable bonds is 8. The fraction of sp³-hybridized carbons (Fsp3) is 0.750. The van der Waals surface area contributed by atoms with Gasteiger partial charge in [0.15, 0.2) is 0 Å². The van der Waals surface area contributed by atoms with Crippen molar-refractivity contribution in [2.75, 3.05) is 13.2 Å². The highest BCUT2D eigenvalue weighted by Crippen LogP contribution is 1.99. The quantitative estimate of drug-likeness (QED) is 0.371. The van der Waals surface area contributed by atoms with Crippen LogP contribution in [0.4, 0.5) is 0 Å². The molecular weight excluding hydrogens is 240 g/mol. The van der Waals surface area contributed by atoms with Crippen molar-refractivity contribution in [2.45, 2.75) is 46.1 Å². The summed E-state index contributed by atoms with van der Waals surface area (Å²) in [5.74, 6) is -1.28. The van der Waals surface area contributed by atoms with E-state index in [9.17, 15) is 14.4 Å². The van der Waals surface area contributed by atoms with Crippen molar-refractivity contribution < 1.29 is 28.6 Å². The minimum atomic E-state index is -0.511. The molecule has 104 valence electrons. The van der Waals surface area contributed by atoms with Gasteiger partial charge in [-0.1, -0.05) is 6.92 Å². The van der Waals surface area contributed by atoms with Gasteiger partial charge in [-0.2, -0.15) is 0 Å². The van der Waals surface area contributed by atoms with E-state index in [-0.39, 0.29) is 44.5 Å². The third-order valence-corrected chi connectivity index (χ3v) is 1.80. The zero-order valence-corrected chi connectivity index (χ0v) is 11.1. The van der Waals surface area contributed by atoms with Crippen LogP contribution in [0.25, 0.3) is 0 Å². The van der Waals surface area contributed by atoms with E-state index in [1.54, 1.807) is 20.8 Å². The Morgan fingerprint density at radius 3 is 1.89 bits per heavy atom. The molecule has 0 aliphatic rings. The molecule has 0 N–H and O–H groups in total. The Hall–Kier alpha value is -1.59. The monoisotopic (exact) mass is 260 g/mol. The Morgan fingerprint density at radius 1 is 0.889 bits per heavy atom. The molecule has 0 heterocycles. The first kappa shape index (κ1) is 16.4. The second-order valence-electron chi connectivity index (χ2n) is 3.83. The molecule has 0 bridgehead atoms. The van der Waals surface area contributed by atoms with Crippen LogP contribution < -0.4 is 0 Å². The second kappa shape index (κ2) is 9.44. The van der Waals surface area contributed by atoms with Crippen LogP contribution in [0.2, 0.25) is 0 Å². The van der Waals surface area contributed by atoms with E-state index < -0.39 is 11.9 Å². The maximum atomic E-state index is 11.2. The molecule has 0 radical (unpaired) electrons. The summed E-state index contributed by atoms with van der Waals surface area (Å²) in [4.78, 5) is 33.0. The molecule has 18 heavy (non-hydrogen) atoms. The molecule has 0 rings (SSSR count). The van der Waals surface area contributed by atoms with Gasteiger partial charge in [0.05, 0.1) is 18.9 Å². The fourth-order valence-electron chi connectivity index (χ4n) is 1.01. The lowest BCUT2D eigenvalue weighted by molar-refractivity contribution is -0.155. The summed E-state index contributed by atoms with van der Waals surface area (Å²) in [6.45, 7) is 5.18. The number of ether oxygens (including phenoxy) is 3. The van der Waals surface area contributed by atoms with E-state index in [4.69, 9.17) is 14.2 Å². The Labute approximate surface area is 107 Å². The number of carbonyl (C=O) groups is 3. The number of hydrogen-bond donors (Lipinski definition) is 0. The molecule has 0 saturated carbocycles. The van der Waals surface area contributed by atoms with E-state index in [0.29, 0.717) is 0 Å². The van der Waals surface area contributed by atoms with Crippen LogP contribution in [0, 0.1) is 0 Å². The van der Waals surface area contributed by atoms with Gasteiger partial charge < -0.3 is 14.2 Å². The predicted molar refractivity (Wildman–Crippen MR) is 62.7 cm³/mol. The van der Waals surface area contributed by atoms with Crippen LogP contribution in [-0.2, 0) is 28.6 Å². The molecule has 0 aliphatic carbocycles. The fourth-order valence-corrected chi connectivity index (χ4v) is 1.01. The van der Waals surface area contributed by atoms with Crippen molar-refractivity contribution in [1.82, 2.24) is 0 Å². The molecule has 0 aromatic carbocycles. The van der Waals surface area contributed by atoms with Crippen molar-refractivity contribution in [1.29, 1.82) is 0 Å². The lowest BCUT2D eigenvalue weighted by Crippen LogP contribution is -2.16. The molecular formula is C12H20O6. The summed E-state index contributed by atoms with van der Waals surface area (Å²) < 4.78 is 14.3. The summed E-state index contributed by atoms with van der Waals surface area (Å²) >= 11 is 0. The van der Waals surface area contributed by atoms with Crippen LogP contribution in [-0.4, -0.2) is 37.2 Å². The van der Waals surface area contributed by atoms with E-state index in [0.717, 1.165) is 0 Å². The lowest BCUT2D eigenvalue weighted by Gasteiger charge is -2.08. The highest BCUT2D eigenvalue weighted by Gasteiger charge is 2.10. The van der Waals surface area contributed by atoms with Gasteiger partial charge >= 0.3 is 17.9 Å². The van der Waals surface area contributed by atoms with Crippen LogP contribution in [0.1, 0.15) is 40.0 Å². The SMILES string of the molecule is CCC(=O)OCCOC(=O)CCC(=O)OC(C)C. The molecule has 6 nitrogen and oxygen atoms in total. The number of esters is 3. The normalized spacial score (nSPS) is 10.0. The van der Waals surface area contributed by atoms with Gasteiger partial charge in [0.2, 0.25) is 0 Å². The Morgan fingerprint density at radius 2 is 1.39 bits per heavy atom. The molecule has 0 atom stereocenters. The number of hydrogen-bond acceptors (Lipinski definition) is 6. The zero-order valence-electron chi connectivity index (χ0n) is 11.1. The standard InChI is InChI=1S/C12H20O6/c1-4-10(13)16-7-8-17-11(14)5-6-12(15)18-9(2)3/h9H,4-8H2,1-3H3. The topological polar surface area (TPSA) is 78.9 Å². The maximum absolute atomic E-state index is 11.2. The second-order valence-corrected chi connectivity index (χ2v) is 3.83. The van der Waals surface area contributed by atoms with Crippen LogP contribution in [0.3, 0.4) is 0 Å². The van der Waals surface area contributed by atoms with E-state index in [2.05, 4.69) is 0 Å². The molecule has 0 aliphatic heterocycles. The molecule has 0 saturated heterocycles. The number of carbonyl (C=O) groups excluding carboxylic acids is 3. The third kappa shape index (κ3) is 9.62. The van der Waals surface area contributed by atoms with Crippen molar-refractivity contribution in [3.8, 4) is 0 Å². The minimum Gasteiger partial charge on any atom is -0.463 e. The van der Waals surface area contributed by atoms with Gasteiger partial charge in [-0.3, -0.25) is 14.4 Å². The Kier molecular flexibility index (Phi) is 8.61. The Bertz CT molecular complexity index is 284. The summed E-state index contributed by atoms with van der Waals surface area (Å²) in [7, 11) is 0. The highest BCUT2D eigenvalue weighted by molar-refractivity contribution is 5.77. The average Bonchev–Trinajstić information content (AvgIpc) is 2.30. The molecule has 0 amide bonds. The molecule has 0 fully saturated rings. The van der Waals surface area contributed by atoms with Crippen LogP contribution >= 0.6 is 0 Å². The summed E-state index contributed by atoms with van der Waals surface area (Å²) in [6.07, 6.45) is 0.0515. The largest absolute Gasteiger partial charge is 0.463 e. The maximum Gasteiger partial charge on any atom is 0.306 e. The minimum absolute atomic E-state index is 0.00377.